The third-order valence-corrected chi connectivity index (χ3v) is 2.01. The smallest absolute Gasteiger partial charge is 0.273 e. The van der Waals surface area contributed by atoms with Crippen molar-refractivity contribution in [1.29, 1.82) is 0 Å². The van der Waals surface area contributed by atoms with Gasteiger partial charge in [0.25, 0.3) is 5.91 Å². The van der Waals surface area contributed by atoms with E-state index < -0.39 is 0 Å². The van der Waals surface area contributed by atoms with Crippen molar-refractivity contribution in [2.45, 2.75) is 5.88 Å². The Labute approximate surface area is 82.1 Å². The first-order valence-electron chi connectivity index (χ1n) is 3.86. The Balaban J connectivity index is 2.97. The first-order valence-corrected chi connectivity index (χ1v) is 4.40. The van der Waals surface area contributed by atoms with E-state index >= 15 is 0 Å². The number of carbonyl (C=O) groups excluding carboxylic acids is 1. The van der Waals surface area contributed by atoms with E-state index in [9.17, 15) is 4.79 Å². The van der Waals surface area contributed by atoms with Gasteiger partial charge in [0.1, 0.15) is 0 Å². The fourth-order valence-corrected chi connectivity index (χ4v) is 1.21. The average Bonchev–Trinajstić information content (AvgIpc) is 2.45. The Kier molecular flexibility index (Phi) is 2.93. The molecule has 0 bridgehead atoms. The van der Waals surface area contributed by atoms with E-state index in [4.69, 9.17) is 11.6 Å². The Morgan fingerprint density at radius 3 is 2.69 bits per heavy atom. The van der Waals surface area contributed by atoms with Crippen molar-refractivity contribution in [3.05, 3.63) is 17.5 Å². The van der Waals surface area contributed by atoms with Gasteiger partial charge in [0, 0.05) is 21.1 Å². The number of amides is 1. The standard InChI is InChI=1S/C8H12ClN3O/c1-11(2)8(13)7-4-6(5-9)12(3)10-7/h4H,5H2,1-3H3. The highest BCUT2D eigenvalue weighted by Crippen LogP contribution is 2.07. The molecule has 0 aliphatic carbocycles. The van der Waals surface area contributed by atoms with Crippen molar-refractivity contribution in [3.63, 3.8) is 0 Å². The summed E-state index contributed by atoms with van der Waals surface area (Å²) in [4.78, 5) is 12.9. The summed E-state index contributed by atoms with van der Waals surface area (Å²) >= 11 is 5.64. The topological polar surface area (TPSA) is 38.1 Å². The molecule has 0 aliphatic heterocycles. The summed E-state index contributed by atoms with van der Waals surface area (Å²) in [6, 6.07) is 1.70. The molecule has 72 valence electrons. The molecule has 4 nitrogen and oxygen atoms in total. The molecular formula is C8H12ClN3O. The van der Waals surface area contributed by atoms with Crippen LogP contribution < -0.4 is 0 Å². The molecule has 1 aromatic heterocycles. The second-order valence-electron chi connectivity index (χ2n) is 2.98. The monoisotopic (exact) mass is 201 g/mol. The number of aryl methyl sites for hydroxylation is 1. The zero-order chi connectivity index (χ0) is 10.0. The molecule has 0 aromatic carbocycles. The van der Waals surface area contributed by atoms with Crippen LogP contribution in [0.3, 0.4) is 0 Å². The van der Waals surface area contributed by atoms with Gasteiger partial charge in [-0.15, -0.1) is 11.6 Å². The molecule has 0 fully saturated rings. The highest BCUT2D eigenvalue weighted by Gasteiger charge is 2.13. The van der Waals surface area contributed by atoms with Gasteiger partial charge >= 0.3 is 0 Å². The lowest BCUT2D eigenvalue weighted by Crippen LogP contribution is -2.22. The molecule has 0 atom stereocenters. The van der Waals surface area contributed by atoms with Gasteiger partial charge < -0.3 is 4.90 Å². The van der Waals surface area contributed by atoms with Gasteiger partial charge in [0.2, 0.25) is 0 Å². The highest BCUT2D eigenvalue weighted by molar-refractivity contribution is 6.17. The Morgan fingerprint density at radius 1 is 1.69 bits per heavy atom. The van der Waals surface area contributed by atoms with Crippen LogP contribution in [0.25, 0.3) is 0 Å². The number of rotatable bonds is 2. The lowest BCUT2D eigenvalue weighted by atomic mass is 10.3. The fraction of sp³-hybridized carbons (Fsp3) is 0.500. The van der Waals surface area contributed by atoms with Crippen LogP contribution in [0.4, 0.5) is 0 Å². The molecule has 0 spiro atoms. The second-order valence-corrected chi connectivity index (χ2v) is 3.24. The summed E-state index contributed by atoms with van der Waals surface area (Å²) in [7, 11) is 5.15. The summed E-state index contributed by atoms with van der Waals surface area (Å²) < 4.78 is 1.61. The summed E-state index contributed by atoms with van der Waals surface area (Å²) in [5, 5.41) is 4.04. The summed E-state index contributed by atoms with van der Waals surface area (Å²) in [6.45, 7) is 0. The number of aromatic nitrogens is 2. The Morgan fingerprint density at radius 2 is 2.31 bits per heavy atom. The van der Waals surface area contributed by atoms with Crippen molar-refractivity contribution in [3.8, 4) is 0 Å². The number of halogens is 1. The first kappa shape index (κ1) is 10.1. The molecule has 0 unspecified atom stereocenters. The van der Waals surface area contributed by atoms with E-state index in [1.165, 1.54) is 4.90 Å². The van der Waals surface area contributed by atoms with Crippen molar-refractivity contribution in [2.75, 3.05) is 14.1 Å². The van der Waals surface area contributed by atoms with Crippen LogP contribution in [0.1, 0.15) is 16.2 Å². The quantitative estimate of drug-likeness (QED) is 0.666. The van der Waals surface area contributed by atoms with Crippen molar-refractivity contribution in [2.24, 2.45) is 7.05 Å². The van der Waals surface area contributed by atoms with Gasteiger partial charge in [-0.2, -0.15) is 5.10 Å². The number of nitrogens with zero attached hydrogens (tertiary/aromatic N) is 3. The van der Waals surface area contributed by atoms with Gasteiger partial charge in [0.05, 0.1) is 11.6 Å². The average molecular weight is 202 g/mol. The van der Waals surface area contributed by atoms with Crippen molar-refractivity contribution in [1.82, 2.24) is 14.7 Å². The predicted molar refractivity (Wildman–Crippen MR) is 50.8 cm³/mol. The molecule has 1 amide bonds. The van der Waals surface area contributed by atoms with Gasteiger partial charge in [-0.3, -0.25) is 9.48 Å². The largest absolute Gasteiger partial charge is 0.343 e. The van der Waals surface area contributed by atoms with E-state index in [0.717, 1.165) is 5.69 Å². The van der Waals surface area contributed by atoms with Crippen LogP contribution in [0.2, 0.25) is 0 Å². The van der Waals surface area contributed by atoms with Crippen LogP contribution in [-0.2, 0) is 12.9 Å². The minimum Gasteiger partial charge on any atom is -0.343 e. The van der Waals surface area contributed by atoms with Gasteiger partial charge in [-0.25, -0.2) is 0 Å². The molecular weight excluding hydrogens is 190 g/mol. The molecule has 0 N–H and O–H groups in total. The predicted octanol–water partition coefficient (Wildman–Crippen LogP) is 0.861. The number of carbonyl (C=O) groups is 1. The minimum atomic E-state index is -0.105. The lowest BCUT2D eigenvalue weighted by molar-refractivity contribution is 0.0821. The van der Waals surface area contributed by atoms with Crippen LogP contribution in [0.15, 0.2) is 6.07 Å². The Hall–Kier alpha value is -1.03. The SMILES string of the molecule is CN(C)C(=O)c1cc(CCl)n(C)n1. The summed E-state index contributed by atoms with van der Waals surface area (Å²) in [5.41, 5.74) is 1.27. The van der Waals surface area contributed by atoms with E-state index in [-0.39, 0.29) is 5.91 Å². The zero-order valence-electron chi connectivity index (χ0n) is 7.91. The lowest BCUT2D eigenvalue weighted by Gasteiger charge is -2.06. The van der Waals surface area contributed by atoms with E-state index in [1.807, 2.05) is 0 Å². The number of hydrogen-bond donors (Lipinski definition) is 0. The maximum atomic E-state index is 11.4. The molecule has 1 rings (SSSR count). The van der Waals surface area contributed by atoms with E-state index in [1.54, 1.807) is 31.9 Å². The molecule has 0 saturated heterocycles. The number of hydrogen-bond acceptors (Lipinski definition) is 2. The van der Waals surface area contributed by atoms with Crippen LogP contribution in [0.5, 0.6) is 0 Å². The summed E-state index contributed by atoms with van der Waals surface area (Å²) in [5.74, 6) is 0.261. The van der Waals surface area contributed by atoms with Crippen molar-refractivity contribution < 1.29 is 4.79 Å². The molecule has 0 saturated carbocycles. The van der Waals surface area contributed by atoms with E-state index in [0.29, 0.717) is 11.6 Å². The molecule has 13 heavy (non-hydrogen) atoms. The molecule has 0 aliphatic rings. The number of alkyl halides is 1. The normalized spacial score (nSPS) is 10.2. The van der Waals surface area contributed by atoms with Crippen LogP contribution >= 0.6 is 11.6 Å². The van der Waals surface area contributed by atoms with Crippen LogP contribution in [-0.4, -0.2) is 34.7 Å². The molecule has 1 heterocycles. The third-order valence-electron chi connectivity index (χ3n) is 1.74. The zero-order valence-corrected chi connectivity index (χ0v) is 8.67. The highest BCUT2D eigenvalue weighted by atomic mass is 35.5. The molecule has 1 aromatic rings. The third kappa shape index (κ3) is 2.01. The van der Waals surface area contributed by atoms with Gasteiger partial charge in [-0.1, -0.05) is 0 Å². The van der Waals surface area contributed by atoms with Gasteiger partial charge in [-0.05, 0) is 6.07 Å². The first-order chi connectivity index (χ1) is 6.06. The molecule has 5 heteroatoms. The van der Waals surface area contributed by atoms with Crippen LogP contribution in [0, 0.1) is 0 Å². The maximum Gasteiger partial charge on any atom is 0.273 e. The van der Waals surface area contributed by atoms with Crippen molar-refractivity contribution >= 4 is 17.5 Å². The maximum absolute atomic E-state index is 11.4. The molecule has 0 radical (unpaired) electrons. The van der Waals surface area contributed by atoms with Gasteiger partial charge in [0.15, 0.2) is 5.69 Å². The van der Waals surface area contributed by atoms with E-state index in [2.05, 4.69) is 5.10 Å². The minimum absolute atomic E-state index is 0.105. The fourth-order valence-electron chi connectivity index (χ4n) is 0.965. The Bertz CT molecular complexity index is 319. The summed E-state index contributed by atoms with van der Waals surface area (Å²) in [6.07, 6.45) is 0. The second kappa shape index (κ2) is 3.79.